The Morgan fingerprint density at radius 1 is 1.58 bits per heavy atom. The Balaban J connectivity index is 2.06. The molecule has 0 radical (unpaired) electrons. The van der Waals surface area contributed by atoms with Gasteiger partial charge in [-0.3, -0.25) is 0 Å². The van der Waals surface area contributed by atoms with Crippen molar-refractivity contribution in [3.05, 3.63) is 0 Å². The Morgan fingerprint density at radius 3 is 3.08 bits per heavy atom. The first-order valence-electron chi connectivity index (χ1n) is 4.68. The summed E-state index contributed by atoms with van der Waals surface area (Å²) in [4.78, 5) is 2.19. The van der Waals surface area contributed by atoms with Crippen molar-refractivity contribution in [3.63, 3.8) is 0 Å². The molecule has 1 unspecified atom stereocenters. The number of nitrogens with zero attached hydrogens (tertiary/aromatic N) is 1. The summed E-state index contributed by atoms with van der Waals surface area (Å²) in [7, 11) is 1.70. The maximum absolute atomic E-state index is 12.9. The largest absolute Gasteiger partial charge is 0.385 e. The lowest BCUT2D eigenvalue weighted by molar-refractivity contribution is 0.120. The van der Waals surface area contributed by atoms with E-state index in [1.54, 1.807) is 7.11 Å². The highest BCUT2D eigenvalue weighted by atomic mass is 19.1. The van der Waals surface area contributed by atoms with Crippen LogP contribution in [-0.2, 0) is 4.74 Å². The summed E-state index contributed by atoms with van der Waals surface area (Å²) in [6.07, 6.45) is 2.18. The lowest BCUT2D eigenvalue weighted by atomic mass is 10.1. The standard InChI is InChI=1S/C9H18FNO/c1-12-7-3-6-11-5-2-4-9(10)8-11/h9H,2-8H2,1H3. The van der Waals surface area contributed by atoms with Gasteiger partial charge in [-0.2, -0.15) is 0 Å². The van der Waals surface area contributed by atoms with E-state index >= 15 is 0 Å². The average molecular weight is 175 g/mol. The molecule has 2 nitrogen and oxygen atoms in total. The van der Waals surface area contributed by atoms with E-state index in [9.17, 15) is 4.39 Å². The highest BCUT2D eigenvalue weighted by molar-refractivity contribution is 4.71. The molecule has 1 fully saturated rings. The van der Waals surface area contributed by atoms with E-state index < -0.39 is 6.17 Å². The van der Waals surface area contributed by atoms with E-state index in [2.05, 4.69) is 4.90 Å². The van der Waals surface area contributed by atoms with E-state index in [4.69, 9.17) is 4.74 Å². The van der Waals surface area contributed by atoms with Gasteiger partial charge >= 0.3 is 0 Å². The molecule has 12 heavy (non-hydrogen) atoms. The normalized spacial score (nSPS) is 26.0. The summed E-state index contributed by atoms with van der Waals surface area (Å²) in [5.41, 5.74) is 0. The molecule has 0 spiro atoms. The minimum atomic E-state index is -0.596. The molecule has 0 N–H and O–H groups in total. The van der Waals surface area contributed by atoms with Gasteiger partial charge in [0.05, 0.1) is 0 Å². The lowest BCUT2D eigenvalue weighted by Gasteiger charge is -2.28. The number of alkyl halides is 1. The van der Waals surface area contributed by atoms with E-state index in [1.165, 1.54) is 0 Å². The van der Waals surface area contributed by atoms with Crippen molar-refractivity contribution >= 4 is 0 Å². The van der Waals surface area contributed by atoms with Crippen molar-refractivity contribution in [2.75, 3.05) is 33.4 Å². The molecule has 0 aromatic rings. The van der Waals surface area contributed by atoms with Crippen LogP contribution in [0.2, 0.25) is 0 Å². The van der Waals surface area contributed by atoms with Crippen molar-refractivity contribution in [2.24, 2.45) is 0 Å². The number of rotatable bonds is 4. The van der Waals surface area contributed by atoms with Crippen LogP contribution in [0.4, 0.5) is 4.39 Å². The first kappa shape index (κ1) is 9.93. The Kier molecular flexibility index (Phi) is 4.54. The fraction of sp³-hybridized carbons (Fsp3) is 1.00. The van der Waals surface area contributed by atoms with Gasteiger partial charge in [0.1, 0.15) is 6.17 Å². The molecule has 3 heteroatoms. The molecule has 1 aliphatic heterocycles. The van der Waals surface area contributed by atoms with Crippen LogP contribution >= 0.6 is 0 Å². The van der Waals surface area contributed by atoms with Crippen LogP contribution in [0, 0.1) is 0 Å². The van der Waals surface area contributed by atoms with E-state index in [0.717, 1.165) is 39.0 Å². The van der Waals surface area contributed by atoms with Gasteiger partial charge in [-0.15, -0.1) is 0 Å². The number of likely N-dealkylation sites (tertiary alicyclic amines) is 1. The lowest BCUT2D eigenvalue weighted by Crippen LogP contribution is -2.37. The molecule has 72 valence electrons. The van der Waals surface area contributed by atoms with Gasteiger partial charge in [0.25, 0.3) is 0 Å². The summed E-state index contributed by atoms with van der Waals surface area (Å²) in [6.45, 7) is 3.45. The van der Waals surface area contributed by atoms with Crippen molar-refractivity contribution in [3.8, 4) is 0 Å². The minimum absolute atomic E-state index is 0.596. The summed E-state index contributed by atoms with van der Waals surface area (Å²) in [5.74, 6) is 0. The number of hydrogen-bond acceptors (Lipinski definition) is 2. The maximum Gasteiger partial charge on any atom is 0.113 e. The van der Waals surface area contributed by atoms with Gasteiger partial charge in [0.2, 0.25) is 0 Å². The molecule has 1 heterocycles. The molecule has 1 rings (SSSR count). The number of hydrogen-bond donors (Lipinski definition) is 0. The van der Waals surface area contributed by atoms with Crippen LogP contribution in [0.25, 0.3) is 0 Å². The SMILES string of the molecule is COCCCN1CCCC(F)C1. The Morgan fingerprint density at radius 2 is 2.42 bits per heavy atom. The predicted octanol–water partition coefficient (Wildman–Crippen LogP) is 1.46. The summed E-state index contributed by atoms with van der Waals surface area (Å²) < 4.78 is 17.8. The number of ether oxygens (including phenoxy) is 1. The topological polar surface area (TPSA) is 12.5 Å². The highest BCUT2D eigenvalue weighted by Gasteiger charge is 2.17. The summed E-state index contributed by atoms with van der Waals surface area (Å²) in [5, 5.41) is 0. The number of piperidine rings is 1. The molecule has 0 bridgehead atoms. The Hall–Kier alpha value is -0.150. The Bertz CT molecular complexity index is 121. The molecule has 1 aliphatic rings. The van der Waals surface area contributed by atoms with E-state index in [1.807, 2.05) is 0 Å². The molecular weight excluding hydrogens is 157 g/mol. The van der Waals surface area contributed by atoms with Crippen LogP contribution in [-0.4, -0.2) is 44.4 Å². The predicted molar refractivity (Wildman–Crippen MR) is 47.1 cm³/mol. The second-order valence-corrected chi connectivity index (χ2v) is 3.39. The third-order valence-corrected chi connectivity index (χ3v) is 2.27. The third kappa shape index (κ3) is 3.50. The van der Waals surface area contributed by atoms with E-state index in [-0.39, 0.29) is 0 Å². The smallest absolute Gasteiger partial charge is 0.113 e. The molecule has 1 saturated heterocycles. The van der Waals surface area contributed by atoms with Crippen LogP contribution < -0.4 is 0 Å². The first-order valence-corrected chi connectivity index (χ1v) is 4.68. The zero-order valence-electron chi connectivity index (χ0n) is 7.76. The second kappa shape index (κ2) is 5.49. The maximum atomic E-state index is 12.9. The number of halogens is 1. The van der Waals surface area contributed by atoms with Crippen LogP contribution in [0.1, 0.15) is 19.3 Å². The van der Waals surface area contributed by atoms with Crippen molar-refractivity contribution in [1.29, 1.82) is 0 Å². The molecule has 0 aliphatic carbocycles. The first-order chi connectivity index (χ1) is 5.83. The summed E-state index contributed by atoms with van der Waals surface area (Å²) in [6, 6.07) is 0. The molecule has 0 aromatic carbocycles. The van der Waals surface area contributed by atoms with Crippen molar-refractivity contribution in [1.82, 2.24) is 4.90 Å². The fourth-order valence-electron chi connectivity index (χ4n) is 1.63. The van der Waals surface area contributed by atoms with Crippen molar-refractivity contribution < 1.29 is 9.13 Å². The van der Waals surface area contributed by atoms with E-state index in [0.29, 0.717) is 6.54 Å². The Labute approximate surface area is 73.7 Å². The van der Waals surface area contributed by atoms with Gasteiger partial charge in [-0.1, -0.05) is 0 Å². The fourth-order valence-corrected chi connectivity index (χ4v) is 1.63. The highest BCUT2D eigenvalue weighted by Crippen LogP contribution is 2.12. The minimum Gasteiger partial charge on any atom is -0.385 e. The van der Waals surface area contributed by atoms with Crippen LogP contribution in [0.3, 0.4) is 0 Å². The van der Waals surface area contributed by atoms with Gasteiger partial charge in [0.15, 0.2) is 0 Å². The second-order valence-electron chi connectivity index (χ2n) is 3.39. The molecule has 0 amide bonds. The molecule has 0 aromatic heterocycles. The van der Waals surface area contributed by atoms with Crippen molar-refractivity contribution in [2.45, 2.75) is 25.4 Å². The monoisotopic (exact) mass is 175 g/mol. The molecule has 1 atom stereocenters. The van der Waals surface area contributed by atoms with Gasteiger partial charge < -0.3 is 9.64 Å². The quantitative estimate of drug-likeness (QED) is 0.600. The zero-order valence-corrected chi connectivity index (χ0v) is 7.76. The third-order valence-electron chi connectivity index (χ3n) is 2.27. The van der Waals surface area contributed by atoms with Gasteiger partial charge in [-0.25, -0.2) is 4.39 Å². The summed E-state index contributed by atoms with van der Waals surface area (Å²) >= 11 is 0. The number of methoxy groups -OCH3 is 1. The van der Waals surface area contributed by atoms with Gasteiger partial charge in [-0.05, 0) is 25.8 Å². The van der Waals surface area contributed by atoms with Gasteiger partial charge in [0, 0.05) is 26.8 Å². The molecule has 0 saturated carbocycles. The average Bonchev–Trinajstić information content (AvgIpc) is 2.05. The molecular formula is C9H18FNO. The van der Waals surface area contributed by atoms with Crippen LogP contribution in [0.15, 0.2) is 0 Å². The van der Waals surface area contributed by atoms with Crippen LogP contribution in [0.5, 0.6) is 0 Å². The zero-order chi connectivity index (χ0) is 8.81.